The Morgan fingerprint density at radius 2 is 2.00 bits per heavy atom. The molecule has 4 rings (SSSR count). The number of hydrogen-bond donors (Lipinski definition) is 1. The molecule has 1 fully saturated rings. The van der Waals surface area contributed by atoms with Crippen LogP contribution in [0, 0.1) is 0 Å². The molecule has 118 valence electrons. The molecule has 1 aliphatic heterocycles. The van der Waals surface area contributed by atoms with Crippen LogP contribution < -0.4 is 0 Å². The van der Waals surface area contributed by atoms with Crippen LogP contribution in [0.2, 0.25) is 0 Å². The molecule has 0 radical (unpaired) electrons. The van der Waals surface area contributed by atoms with E-state index in [0.717, 1.165) is 29.6 Å². The Hall–Kier alpha value is -2.90. The number of amides is 1. The van der Waals surface area contributed by atoms with Crippen LogP contribution in [0.5, 0.6) is 0 Å². The first-order chi connectivity index (χ1) is 11.2. The Labute approximate surface area is 132 Å². The van der Waals surface area contributed by atoms with Gasteiger partial charge in [-0.25, -0.2) is 4.79 Å². The zero-order valence-electron chi connectivity index (χ0n) is 12.4. The summed E-state index contributed by atoms with van der Waals surface area (Å²) in [5.41, 5.74) is 2.88. The molecule has 0 spiro atoms. The lowest BCUT2D eigenvalue weighted by Gasteiger charge is -2.30. The van der Waals surface area contributed by atoms with E-state index in [9.17, 15) is 4.79 Å². The van der Waals surface area contributed by atoms with Crippen LogP contribution in [0.15, 0.2) is 37.1 Å². The van der Waals surface area contributed by atoms with E-state index in [1.165, 1.54) is 4.90 Å². The van der Waals surface area contributed by atoms with Crippen molar-refractivity contribution in [3.63, 3.8) is 0 Å². The first-order valence-corrected chi connectivity index (χ1v) is 7.52. The van der Waals surface area contributed by atoms with Gasteiger partial charge < -0.3 is 10.0 Å². The number of hydrogen-bond acceptors (Lipinski definition) is 4. The minimum atomic E-state index is -0.841. The zero-order valence-corrected chi connectivity index (χ0v) is 12.4. The van der Waals surface area contributed by atoms with Gasteiger partial charge in [0.1, 0.15) is 6.33 Å². The maximum Gasteiger partial charge on any atom is 0.407 e. The SMILES string of the molecule is O=C(O)N1CCC(n2cc(-c3ccc4nncn4c3)cn2)CC1. The molecule has 1 N–H and O–H groups in total. The second-order valence-corrected chi connectivity index (χ2v) is 5.72. The van der Waals surface area contributed by atoms with Crippen LogP contribution in [0.4, 0.5) is 4.79 Å². The zero-order chi connectivity index (χ0) is 15.8. The lowest BCUT2D eigenvalue weighted by molar-refractivity contribution is 0.124. The van der Waals surface area contributed by atoms with E-state index >= 15 is 0 Å². The topological polar surface area (TPSA) is 88.5 Å². The molecule has 3 aromatic rings. The van der Waals surface area contributed by atoms with E-state index in [1.54, 1.807) is 6.33 Å². The van der Waals surface area contributed by atoms with Crippen LogP contribution in [-0.4, -0.2) is 53.6 Å². The lowest BCUT2D eigenvalue weighted by Crippen LogP contribution is -2.38. The van der Waals surface area contributed by atoms with Gasteiger partial charge in [0.05, 0.1) is 12.2 Å². The van der Waals surface area contributed by atoms with E-state index in [0.29, 0.717) is 13.1 Å². The molecule has 0 atom stereocenters. The summed E-state index contributed by atoms with van der Waals surface area (Å²) in [7, 11) is 0. The molecule has 0 saturated carbocycles. The van der Waals surface area contributed by atoms with Crippen molar-refractivity contribution in [1.29, 1.82) is 0 Å². The quantitative estimate of drug-likeness (QED) is 0.781. The summed E-state index contributed by atoms with van der Waals surface area (Å²) in [4.78, 5) is 12.4. The maximum absolute atomic E-state index is 11.0. The molecule has 3 aromatic heterocycles. The van der Waals surface area contributed by atoms with Crippen molar-refractivity contribution in [1.82, 2.24) is 29.3 Å². The fourth-order valence-electron chi connectivity index (χ4n) is 3.01. The molecular formula is C15H16N6O2. The molecule has 23 heavy (non-hydrogen) atoms. The molecular weight excluding hydrogens is 296 g/mol. The fraction of sp³-hybridized carbons (Fsp3) is 0.333. The Bertz CT molecular complexity index is 846. The highest BCUT2D eigenvalue weighted by Gasteiger charge is 2.23. The Kier molecular flexibility index (Phi) is 3.22. The highest BCUT2D eigenvalue weighted by Crippen LogP contribution is 2.25. The van der Waals surface area contributed by atoms with Crippen LogP contribution in [0.1, 0.15) is 18.9 Å². The second-order valence-electron chi connectivity index (χ2n) is 5.72. The molecule has 8 heteroatoms. The Morgan fingerprint density at radius 1 is 1.17 bits per heavy atom. The summed E-state index contributed by atoms with van der Waals surface area (Å²) < 4.78 is 3.82. The van der Waals surface area contributed by atoms with E-state index in [4.69, 9.17) is 5.11 Å². The third kappa shape index (κ3) is 2.52. The lowest BCUT2D eigenvalue weighted by atomic mass is 10.1. The summed E-state index contributed by atoms with van der Waals surface area (Å²) in [6, 6.07) is 4.17. The van der Waals surface area contributed by atoms with Crippen LogP contribution in [0.25, 0.3) is 16.8 Å². The number of nitrogens with zero attached hydrogens (tertiary/aromatic N) is 6. The summed E-state index contributed by atoms with van der Waals surface area (Å²) in [6.45, 7) is 1.11. The molecule has 0 unspecified atom stereocenters. The number of rotatable bonds is 2. The molecule has 4 heterocycles. The Morgan fingerprint density at radius 3 is 2.78 bits per heavy atom. The van der Waals surface area contributed by atoms with Crippen molar-refractivity contribution < 1.29 is 9.90 Å². The van der Waals surface area contributed by atoms with Gasteiger partial charge >= 0.3 is 6.09 Å². The van der Waals surface area contributed by atoms with Crippen LogP contribution in [0.3, 0.4) is 0 Å². The largest absolute Gasteiger partial charge is 0.465 e. The van der Waals surface area contributed by atoms with Crippen molar-refractivity contribution in [3.05, 3.63) is 37.1 Å². The fourth-order valence-corrected chi connectivity index (χ4v) is 3.01. The summed E-state index contributed by atoms with van der Waals surface area (Å²) in [5, 5.41) is 21.3. The summed E-state index contributed by atoms with van der Waals surface area (Å²) in [5.74, 6) is 0. The van der Waals surface area contributed by atoms with Gasteiger partial charge in [-0.1, -0.05) is 0 Å². The highest BCUT2D eigenvalue weighted by atomic mass is 16.4. The predicted octanol–water partition coefficient (Wildman–Crippen LogP) is 1.91. The summed E-state index contributed by atoms with van der Waals surface area (Å²) >= 11 is 0. The average molecular weight is 312 g/mol. The third-order valence-corrected chi connectivity index (χ3v) is 4.33. The minimum Gasteiger partial charge on any atom is -0.465 e. The first kappa shape index (κ1) is 13.7. The van der Waals surface area contributed by atoms with Gasteiger partial charge in [0, 0.05) is 36.6 Å². The van der Waals surface area contributed by atoms with Gasteiger partial charge in [0.2, 0.25) is 0 Å². The van der Waals surface area contributed by atoms with Crippen LogP contribution >= 0.6 is 0 Å². The molecule has 1 saturated heterocycles. The van der Waals surface area contributed by atoms with Crippen molar-refractivity contribution in [2.75, 3.05) is 13.1 Å². The number of aromatic nitrogens is 5. The van der Waals surface area contributed by atoms with Gasteiger partial charge in [0.25, 0.3) is 0 Å². The van der Waals surface area contributed by atoms with Crippen molar-refractivity contribution in [2.45, 2.75) is 18.9 Å². The van der Waals surface area contributed by atoms with Crippen LogP contribution in [-0.2, 0) is 0 Å². The standard InChI is InChI=1S/C15H16N6O2/c22-15(23)19-5-3-13(4-6-19)21-9-12(7-17-21)11-1-2-14-18-16-10-20(14)8-11/h1-2,7-10,13H,3-6H2,(H,22,23). The monoisotopic (exact) mass is 312 g/mol. The predicted molar refractivity (Wildman–Crippen MR) is 82.1 cm³/mol. The third-order valence-electron chi connectivity index (χ3n) is 4.33. The second kappa shape index (κ2) is 5.38. The Balaban J connectivity index is 1.53. The van der Waals surface area contributed by atoms with Gasteiger partial charge in [-0.15, -0.1) is 10.2 Å². The maximum atomic E-state index is 11.0. The molecule has 1 aliphatic rings. The molecule has 0 aliphatic carbocycles. The number of fused-ring (bicyclic) bond motifs is 1. The molecule has 1 amide bonds. The van der Waals surface area contributed by atoms with Crippen molar-refractivity contribution >= 4 is 11.7 Å². The normalized spacial score (nSPS) is 16.1. The van der Waals surface area contributed by atoms with E-state index < -0.39 is 6.09 Å². The molecule has 0 aromatic carbocycles. The minimum absolute atomic E-state index is 0.248. The number of piperidine rings is 1. The number of carboxylic acid groups (broad SMARTS) is 1. The van der Waals surface area contributed by atoms with Gasteiger partial charge in [0.15, 0.2) is 5.65 Å². The number of likely N-dealkylation sites (tertiary alicyclic amines) is 1. The van der Waals surface area contributed by atoms with E-state index in [1.807, 2.05) is 39.8 Å². The van der Waals surface area contributed by atoms with Gasteiger partial charge in [-0.3, -0.25) is 9.08 Å². The average Bonchev–Trinajstić information content (AvgIpc) is 3.23. The van der Waals surface area contributed by atoms with Crippen molar-refractivity contribution in [2.24, 2.45) is 0 Å². The number of pyridine rings is 1. The molecule has 8 nitrogen and oxygen atoms in total. The van der Waals surface area contributed by atoms with E-state index in [2.05, 4.69) is 15.3 Å². The highest BCUT2D eigenvalue weighted by molar-refractivity contribution is 5.65. The van der Waals surface area contributed by atoms with Gasteiger partial charge in [-0.05, 0) is 25.0 Å². The van der Waals surface area contributed by atoms with Crippen molar-refractivity contribution in [3.8, 4) is 11.1 Å². The first-order valence-electron chi connectivity index (χ1n) is 7.52. The van der Waals surface area contributed by atoms with Gasteiger partial charge in [-0.2, -0.15) is 5.10 Å². The number of carbonyl (C=O) groups is 1. The smallest absolute Gasteiger partial charge is 0.407 e. The molecule has 0 bridgehead atoms. The summed E-state index contributed by atoms with van der Waals surface area (Å²) in [6.07, 6.45) is 8.25. The van der Waals surface area contributed by atoms with E-state index in [-0.39, 0.29) is 6.04 Å².